The molecule has 4 fully saturated rings. The molecule has 0 heterocycles. The normalized spacial score (nSPS) is 37.9. The monoisotopic (exact) mass is 245 g/mol. The van der Waals surface area contributed by atoms with Crippen molar-refractivity contribution in [3.8, 4) is 0 Å². The molecule has 0 aliphatic heterocycles. The number of nitro groups is 1. The van der Waals surface area contributed by atoms with Gasteiger partial charge in [0.15, 0.2) is 0 Å². The molecular formula is C13H11NO4. The second kappa shape index (κ2) is 3.10. The summed E-state index contributed by atoms with van der Waals surface area (Å²) in [4.78, 5) is 21.9. The summed E-state index contributed by atoms with van der Waals surface area (Å²) in [6, 6.07) is 5.56. The number of non-ortho nitro benzene ring substituents is 1. The van der Waals surface area contributed by atoms with Crippen molar-refractivity contribution in [2.24, 2.45) is 23.7 Å². The van der Waals surface area contributed by atoms with Gasteiger partial charge in [0.1, 0.15) is 6.10 Å². The van der Waals surface area contributed by atoms with E-state index >= 15 is 0 Å². The molecule has 1 aromatic rings. The van der Waals surface area contributed by atoms with Crippen LogP contribution in [0.2, 0.25) is 0 Å². The van der Waals surface area contributed by atoms with Gasteiger partial charge in [-0.15, -0.1) is 0 Å². The van der Waals surface area contributed by atoms with E-state index in [2.05, 4.69) is 0 Å². The van der Waals surface area contributed by atoms with Crippen LogP contribution in [0.25, 0.3) is 0 Å². The Kier molecular flexibility index (Phi) is 1.73. The second-order valence-corrected chi connectivity index (χ2v) is 5.38. The van der Waals surface area contributed by atoms with Gasteiger partial charge < -0.3 is 4.74 Å². The Bertz CT molecular complexity index is 536. The number of carbonyl (C=O) groups is 1. The van der Waals surface area contributed by atoms with E-state index in [0.717, 1.165) is 24.2 Å². The van der Waals surface area contributed by atoms with Gasteiger partial charge in [0, 0.05) is 18.1 Å². The molecule has 3 unspecified atom stereocenters. The van der Waals surface area contributed by atoms with Crippen LogP contribution in [0, 0.1) is 33.8 Å². The molecule has 4 aliphatic carbocycles. The number of hydrogen-bond donors (Lipinski definition) is 0. The van der Waals surface area contributed by atoms with Gasteiger partial charge in [-0.05, 0) is 36.3 Å². The van der Waals surface area contributed by atoms with Gasteiger partial charge in [0.05, 0.1) is 10.5 Å². The van der Waals surface area contributed by atoms with Gasteiger partial charge in [-0.2, -0.15) is 0 Å². The van der Waals surface area contributed by atoms with Crippen LogP contribution >= 0.6 is 0 Å². The molecule has 5 atom stereocenters. The molecule has 1 aromatic carbocycles. The molecule has 0 N–H and O–H groups in total. The van der Waals surface area contributed by atoms with Gasteiger partial charge in [-0.25, -0.2) is 4.79 Å². The number of esters is 1. The lowest BCUT2D eigenvalue weighted by Crippen LogP contribution is -2.17. The molecule has 4 saturated carbocycles. The summed E-state index contributed by atoms with van der Waals surface area (Å²) in [5.74, 6) is 2.78. The van der Waals surface area contributed by atoms with E-state index in [1.54, 1.807) is 0 Å². The first kappa shape index (κ1) is 10.1. The number of nitrogens with zero attached hydrogens (tertiary/aromatic N) is 1. The van der Waals surface area contributed by atoms with Crippen molar-refractivity contribution in [2.45, 2.75) is 12.5 Å². The minimum Gasteiger partial charge on any atom is -0.458 e. The third-order valence-corrected chi connectivity index (χ3v) is 4.55. The Morgan fingerprint density at radius 3 is 2.39 bits per heavy atom. The maximum Gasteiger partial charge on any atom is 0.338 e. The van der Waals surface area contributed by atoms with Crippen LogP contribution in [-0.4, -0.2) is 17.0 Å². The predicted octanol–water partition coefficient (Wildman–Crippen LogP) is 2.02. The minimum atomic E-state index is -0.482. The van der Waals surface area contributed by atoms with Crippen LogP contribution in [0.4, 0.5) is 5.69 Å². The fourth-order valence-electron chi connectivity index (χ4n) is 3.53. The number of hydrogen-bond acceptors (Lipinski definition) is 4. The molecule has 0 spiro atoms. The lowest BCUT2D eigenvalue weighted by atomic mass is 10.2. The van der Waals surface area contributed by atoms with Crippen molar-refractivity contribution < 1.29 is 14.5 Å². The summed E-state index contributed by atoms with van der Waals surface area (Å²) in [5.41, 5.74) is 0.374. The lowest BCUT2D eigenvalue weighted by molar-refractivity contribution is -0.384. The average Bonchev–Trinajstić information content (AvgIpc) is 3.19. The quantitative estimate of drug-likeness (QED) is 0.464. The fourth-order valence-corrected chi connectivity index (χ4v) is 3.53. The van der Waals surface area contributed by atoms with E-state index in [1.165, 1.54) is 24.3 Å². The summed E-state index contributed by atoms with van der Waals surface area (Å²) in [5, 5.41) is 10.5. The maximum absolute atomic E-state index is 11.9. The molecule has 5 nitrogen and oxygen atoms in total. The molecule has 0 saturated heterocycles. The zero-order chi connectivity index (χ0) is 12.4. The second-order valence-electron chi connectivity index (χ2n) is 5.38. The number of rotatable bonds is 3. The van der Waals surface area contributed by atoms with E-state index in [1.807, 2.05) is 0 Å². The first-order valence-corrected chi connectivity index (χ1v) is 6.12. The van der Waals surface area contributed by atoms with Gasteiger partial charge >= 0.3 is 5.97 Å². The lowest BCUT2D eigenvalue weighted by Gasteiger charge is -2.11. The molecule has 5 heteroatoms. The predicted molar refractivity (Wildman–Crippen MR) is 60.9 cm³/mol. The zero-order valence-corrected chi connectivity index (χ0v) is 9.48. The standard InChI is InChI=1S/C13H11NO4/c15-13(6-1-3-7(4-2-6)14(16)17)18-9-5-8-10-11(8)12(9)10/h1-4,8-12H,5H2/t8?,9-,10+,11?,12?/m1/s1. The Hall–Kier alpha value is -1.91. The molecule has 92 valence electrons. The highest BCUT2D eigenvalue weighted by atomic mass is 16.6. The van der Waals surface area contributed by atoms with Crippen molar-refractivity contribution in [3.63, 3.8) is 0 Å². The Morgan fingerprint density at radius 2 is 1.89 bits per heavy atom. The molecule has 0 aromatic heterocycles. The molecule has 4 aliphatic rings. The number of fused-ring (bicyclic) bond motifs is 1. The molecule has 0 radical (unpaired) electrons. The highest BCUT2D eigenvalue weighted by molar-refractivity contribution is 5.89. The number of ether oxygens (including phenoxy) is 1. The van der Waals surface area contributed by atoms with Gasteiger partial charge in [0.2, 0.25) is 0 Å². The maximum atomic E-state index is 11.9. The van der Waals surface area contributed by atoms with Crippen LogP contribution in [0.15, 0.2) is 24.3 Å². The van der Waals surface area contributed by atoms with E-state index < -0.39 is 4.92 Å². The van der Waals surface area contributed by atoms with Crippen LogP contribution in [0.3, 0.4) is 0 Å². The molecular weight excluding hydrogens is 234 g/mol. The zero-order valence-electron chi connectivity index (χ0n) is 9.48. The summed E-state index contributed by atoms with van der Waals surface area (Å²) >= 11 is 0. The topological polar surface area (TPSA) is 69.4 Å². The first-order valence-electron chi connectivity index (χ1n) is 6.12. The third kappa shape index (κ3) is 1.24. The van der Waals surface area contributed by atoms with Crippen molar-refractivity contribution in [1.29, 1.82) is 0 Å². The Balaban J connectivity index is 1.45. The Morgan fingerprint density at radius 1 is 1.22 bits per heavy atom. The highest BCUT2D eigenvalue weighted by Crippen LogP contribution is 2.82. The Labute approximate surface area is 103 Å². The molecule has 5 rings (SSSR count). The van der Waals surface area contributed by atoms with Crippen LogP contribution in [0.1, 0.15) is 16.8 Å². The first-order chi connectivity index (χ1) is 8.66. The fraction of sp³-hybridized carbons (Fsp3) is 0.462. The van der Waals surface area contributed by atoms with E-state index in [9.17, 15) is 14.9 Å². The van der Waals surface area contributed by atoms with Crippen LogP contribution in [-0.2, 0) is 4.74 Å². The van der Waals surface area contributed by atoms with Crippen molar-refractivity contribution in [3.05, 3.63) is 39.9 Å². The van der Waals surface area contributed by atoms with E-state index in [4.69, 9.17) is 4.74 Å². The van der Waals surface area contributed by atoms with Crippen molar-refractivity contribution in [1.82, 2.24) is 0 Å². The number of carbonyl (C=O) groups excluding carboxylic acids is 1. The van der Waals surface area contributed by atoms with Crippen molar-refractivity contribution in [2.75, 3.05) is 0 Å². The third-order valence-electron chi connectivity index (χ3n) is 4.55. The van der Waals surface area contributed by atoms with Gasteiger partial charge in [-0.3, -0.25) is 10.1 Å². The highest BCUT2D eigenvalue weighted by Gasteiger charge is 2.81. The molecule has 0 amide bonds. The van der Waals surface area contributed by atoms with Gasteiger partial charge in [-0.1, -0.05) is 0 Å². The SMILES string of the molecule is O=C(O[C@@H]1CC2C3C1[C@@H]23)c1ccc([N+](=O)[O-])cc1. The number of benzene rings is 1. The summed E-state index contributed by atoms with van der Waals surface area (Å²) in [6.45, 7) is 0. The minimum absolute atomic E-state index is 0.0147. The van der Waals surface area contributed by atoms with E-state index in [-0.39, 0.29) is 17.8 Å². The molecule has 2 bridgehead atoms. The largest absolute Gasteiger partial charge is 0.458 e. The summed E-state index contributed by atoms with van der Waals surface area (Å²) in [7, 11) is 0. The van der Waals surface area contributed by atoms with Crippen molar-refractivity contribution >= 4 is 11.7 Å². The van der Waals surface area contributed by atoms with Crippen LogP contribution < -0.4 is 0 Å². The van der Waals surface area contributed by atoms with Gasteiger partial charge in [0.25, 0.3) is 5.69 Å². The number of nitro benzene ring substituents is 1. The average molecular weight is 245 g/mol. The smallest absolute Gasteiger partial charge is 0.338 e. The van der Waals surface area contributed by atoms with Crippen LogP contribution in [0.5, 0.6) is 0 Å². The summed E-state index contributed by atoms with van der Waals surface area (Å²) < 4.78 is 5.46. The van der Waals surface area contributed by atoms with E-state index in [0.29, 0.717) is 11.5 Å². The molecule has 18 heavy (non-hydrogen) atoms. The summed E-state index contributed by atoms with van der Waals surface area (Å²) in [6.07, 6.45) is 1.10.